The van der Waals surface area contributed by atoms with Gasteiger partial charge in [-0.05, 0) is 76.4 Å². The van der Waals surface area contributed by atoms with Crippen LogP contribution in [0.4, 0.5) is 0 Å². The Labute approximate surface area is 213 Å². The van der Waals surface area contributed by atoms with Gasteiger partial charge in [-0.1, -0.05) is 0 Å². The summed E-state index contributed by atoms with van der Waals surface area (Å²) in [5.41, 5.74) is 1.37. The lowest BCUT2D eigenvalue weighted by Crippen LogP contribution is -2.44. The molecule has 2 aliphatic heterocycles. The fraction of sp³-hybridized carbons (Fsp3) is 0.462. The first kappa shape index (κ1) is 26.4. The molecule has 10 heteroatoms. The summed E-state index contributed by atoms with van der Waals surface area (Å²) >= 11 is 0. The van der Waals surface area contributed by atoms with Crippen molar-refractivity contribution in [1.82, 2.24) is 9.80 Å². The van der Waals surface area contributed by atoms with Gasteiger partial charge in [0.2, 0.25) is 0 Å². The van der Waals surface area contributed by atoms with Crippen LogP contribution in [0.1, 0.15) is 54.3 Å². The minimum absolute atomic E-state index is 0.248. The highest BCUT2D eigenvalue weighted by Crippen LogP contribution is 2.37. The zero-order chi connectivity index (χ0) is 26.4. The predicted octanol–water partition coefficient (Wildman–Crippen LogP) is 4.52. The van der Waals surface area contributed by atoms with Gasteiger partial charge in [0.05, 0.1) is 0 Å². The van der Waals surface area contributed by atoms with Crippen LogP contribution in [0.3, 0.4) is 0 Å². The molecule has 0 spiro atoms. The van der Waals surface area contributed by atoms with E-state index in [-0.39, 0.29) is 13.1 Å². The molecular formula is C26H34N2O6Si2. The maximum Gasteiger partial charge on any atom is 0.261 e. The average molecular weight is 527 g/mol. The van der Waals surface area contributed by atoms with Crippen molar-refractivity contribution < 1.29 is 28.0 Å². The van der Waals surface area contributed by atoms with Gasteiger partial charge in [-0.3, -0.25) is 29.0 Å². The second kappa shape index (κ2) is 9.66. The van der Waals surface area contributed by atoms with E-state index in [9.17, 15) is 19.2 Å². The number of hydrogen-bond donors (Lipinski definition) is 0. The van der Waals surface area contributed by atoms with Crippen LogP contribution in [-0.4, -0.2) is 76.4 Å². The smallest absolute Gasteiger partial charge is 0.261 e. The Morgan fingerprint density at radius 2 is 0.833 bits per heavy atom. The number of carbonyl (C=O) groups is 4. The number of nitrogens with zero attached hydrogens (tertiary/aromatic N) is 2. The summed E-state index contributed by atoms with van der Waals surface area (Å²) in [6.45, 7) is 14.0. The third-order valence-electron chi connectivity index (χ3n) is 6.19. The van der Waals surface area contributed by atoms with Crippen molar-refractivity contribution in [2.45, 2.75) is 52.1 Å². The molecule has 2 aromatic carbocycles. The minimum Gasteiger partial charge on any atom is -0.418 e. The highest BCUT2D eigenvalue weighted by atomic mass is 28.4. The molecule has 192 valence electrons. The monoisotopic (exact) mass is 526 g/mol. The Kier molecular flexibility index (Phi) is 7.08. The standard InChI is InChI=1S/C26H34N2O6Si2/c1-35(2,3)33-15-7-13-27-23(29)17-9-11-19-22-20(12-10-18(21(17)22)24(27)30)26(32)28(25(19)31)14-8-16-34-36(4,5)6/h9-12H,7-8,13-16H2,1-6H3. The quantitative estimate of drug-likeness (QED) is 0.257. The van der Waals surface area contributed by atoms with Crippen LogP contribution in [-0.2, 0) is 8.85 Å². The van der Waals surface area contributed by atoms with Crippen LogP contribution in [0.25, 0.3) is 10.8 Å². The van der Waals surface area contributed by atoms with Crippen LogP contribution in [0.15, 0.2) is 24.3 Å². The van der Waals surface area contributed by atoms with E-state index >= 15 is 0 Å². The van der Waals surface area contributed by atoms with E-state index in [4.69, 9.17) is 8.85 Å². The van der Waals surface area contributed by atoms with Gasteiger partial charge in [-0.2, -0.15) is 0 Å². The molecule has 0 N–H and O–H groups in total. The largest absolute Gasteiger partial charge is 0.418 e. The Balaban J connectivity index is 1.60. The van der Waals surface area contributed by atoms with Gasteiger partial charge in [0, 0.05) is 59.3 Å². The number of rotatable bonds is 10. The Morgan fingerprint density at radius 1 is 0.556 bits per heavy atom. The van der Waals surface area contributed by atoms with Crippen molar-refractivity contribution in [3.05, 3.63) is 46.5 Å². The van der Waals surface area contributed by atoms with Gasteiger partial charge >= 0.3 is 0 Å². The van der Waals surface area contributed by atoms with E-state index in [1.165, 1.54) is 9.80 Å². The number of amides is 4. The van der Waals surface area contributed by atoms with E-state index in [1.807, 2.05) is 0 Å². The molecule has 0 bridgehead atoms. The number of hydrogen-bond acceptors (Lipinski definition) is 6. The summed E-state index contributed by atoms with van der Waals surface area (Å²) in [7, 11) is -3.37. The van der Waals surface area contributed by atoms with Gasteiger partial charge in [0.15, 0.2) is 16.6 Å². The van der Waals surface area contributed by atoms with Crippen LogP contribution < -0.4 is 0 Å². The van der Waals surface area contributed by atoms with Gasteiger partial charge in [0.25, 0.3) is 23.6 Å². The number of imide groups is 2. The molecule has 0 saturated heterocycles. The maximum absolute atomic E-state index is 13.3. The van der Waals surface area contributed by atoms with Crippen molar-refractivity contribution in [3.8, 4) is 0 Å². The second-order valence-electron chi connectivity index (χ2n) is 11.2. The van der Waals surface area contributed by atoms with Crippen LogP contribution in [0, 0.1) is 0 Å². The Bertz CT molecular complexity index is 1090. The third-order valence-corrected chi connectivity index (χ3v) is 8.33. The number of benzene rings is 2. The van der Waals surface area contributed by atoms with Crippen LogP contribution in [0.2, 0.25) is 39.3 Å². The fourth-order valence-electron chi connectivity index (χ4n) is 4.58. The molecule has 0 fully saturated rings. The molecule has 0 saturated carbocycles. The first-order chi connectivity index (χ1) is 16.8. The van der Waals surface area contributed by atoms with E-state index < -0.39 is 40.3 Å². The highest BCUT2D eigenvalue weighted by Gasteiger charge is 2.39. The third kappa shape index (κ3) is 5.08. The van der Waals surface area contributed by atoms with Crippen molar-refractivity contribution in [2.24, 2.45) is 0 Å². The van der Waals surface area contributed by atoms with Gasteiger partial charge in [-0.25, -0.2) is 0 Å². The molecule has 0 radical (unpaired) electrons. The highest BCUT2D eigenvalue weighted by molar-refractivity contribution is 6.70. The first-order valence-electron chi connectivity index (χ1n) is 12.4. The summed E-state index contributed by atoms with van der Waals surface area (Å²) in [6.07, 6.45) is 1.09. The van der Waals surface area contributed by atoms with Crippen LogP contribution in [0.5, 0.6) is 0 Å². The zero-order valence-corrected chi connectivity index (χ0v) is 23.9. The van der Waals surface area contributed by atoms with E-state index in [0.29, 0.717) is 59.1 Å². The topological polar surface area (TPSA) is 93.2 Å². The lowest BCUT2D eigenvalue weighted by molar-refractivity contribution is 0.0580. The Morgan fingerprint density at radius 3 is 1.08 bits per heavy atom. The molecule has 2 aromatic rings. The molecule has 4 rings (SSSR count). The Hall–Kier alpha value is -2.67. The van der Waals surface area contributed by atoms with Crippen molar-refractivity contribution in [1.29, 1.82) is 0 Å². The normalized spacial score (nSPS) is 15.9. The van der Waals surface area contributed by atoms with Crippen molar-refractivity contribution in [2.75, 3.05) is 26.3 Å². The lowest BCUT2D eigenvalue weighted by Gasteiger charge is -2.32. The molecule has 0 aliphatic carbocycles. The fourth-order valence-corrected chi connectivity index (χ4v) is 6.10. The molecule has 0 atom stereocenters. The zero-order valence-electron chi connectivity index (χ0n) is 21.9. The van der Waals surface area contributed by atoms with Crippen molar-refractivity contribution >= 4 is 51.0 Å². The molecule has 2 heterocycles. The lowest BCUT2D eigenvalue weighted by atomic mass is 9.86. The molecule has 8 nitrogen and oxygen atoms in total. The summed E-state index contributed by atoms with van der Waals surface area (Å²) < 4.78 is 11.7. The number of carbonyl (C=O) groups excluding carboxylic acids is 4. The van der Waals surface area contributed by atoms with E-state index in [0.717, 1.165) is 0 Å². The average Bonchev–Trinajstić information content (AvgIpc) is 2.78. The van der Waals surface area contributed by atoms with Gasteiger partial charge in [-0.15, -0.1) is 0 Å². The van der Waals surface area contributed by atoms with Gasteiger partial charge in [0.1, 0.15) is 0 Å². The maximum atomic E-state index is 13.3. The minimum atomic E-state index is -1.68. The van der Waals surface area contributed by atoms with E-state index in [2.05, 4.69) is 39.3 Å². The summed E-state index contributed by atoms with van der Waals surface area (Å²) in [4.78, 5) is 55.7. The summed E-state index contributed by atoms with van der Waals surface area (Å²) in [5.74, 6) is -1.63. The molecule has 2 aliphatic rings. The first-order valence-corrected chi connectivity index (χ1v) is 19.2. The summed E-state index contributed by atoms with van der Waals surface area (Å²) in [5, 5.41) is 0.802. The van der Waals surface area contributed by atoms with Gasteiger partial charge < -0.3 is 8.85 Å². The SMILES string of the molecule is C[Si](C)(C)OCCCN1C(=O)c2ccc3c4c(ccc(c24)C1=O)C(=O)N(CCCO[Si](C)(C)C)C3=O. The molecule has 36 heavy (non-hydrogen) atoms. The summed E-state index contributed by atoms with van der Waals surface area (Å²) in [6, 6.07) is 6.41. The molecular weight excluding hydrogens is 492 g/mol. The molecule has 0 aromatic heterocycles. The second-order valence-corrected chi connectivity index (χ2v) is 20.3. The molecule has 4 amide bonds. The van der Waals surface area contributed by atoms with E-state index in [1.54, 1.807) is 24.3 Å². The predicted molar refractivity (Wildman–Crippen MR) is 143 cm³/mol. The van der Waals surface area contributed by atoms with Crippen LogP contribution >= 0.6 is 0 Å². The van der Waals surface area contributed by atoms with Crippen molar-refractivity contribution in [3.63, 3.8) is 0 Å². The molecule has 0 unspecified atom stereocenters.